The summed E-state index contributed by atoms with van der Waals surface area (Å²) < 4.78 is 52.4. The average molecular weight is 276 g/mol. The first-order valence-electron chi connectivity index (χ1n) is 5.72. The standard InChI is InChI=1S/C12H12F4N2O/c1-17-2-4-18(5-3-17)12(19)7-6-8(13)10(15)11(16)9(7)14/h6H,2-5H2,1H3. The molecular weight excluding hydrogens is 264 g/mol. The smallest absolute Gasteiger partial charge is 0.257 e. The van der Waals surface area contributed by atoms with E-state index in [1.165, 1.54) is 4.90 Å². The molecule has 1 aliphatic rings. The lowest BCUT2D eigenvalue weighted by Gasteiger charge is -2.32. The summed E-state index contributed by atoms with van der Waals surface area (Å²) in [7, 11) is 1.86. The SMILES string of the molecule is CN1CCN(C(=O)c2cc(F)c(F)c(F)c2F)CC1. The van der Waals surface area contributed by atoms with Gasteiger partial charge in [0.1, 0.15) is 0 Å². The third-order valence-corrected chi connectivity index (χ3v) is 3.12. The maximum atomic E-state index is 13.5. The highest BCUT2D eigenvalue weighted by Crippen LogP contribution is 2.20. The number of rotatable bonds is 1. The van der Waals surface area contributed by atoms with Crippen molar-refractivity contribution >= 4 is 5.91 Å². The van der Waals surface area contributed by atoms with Crippen LogP contribution in [-0.2, 0) is 0 Å². The van der Waals surface area contributed by atoms with Gasteiger partial charge in [-0.3, -0.25) is 4.79 Å². The van der Waals surface area contributed by atoms with E-state index in [9.17, 15) is 22.4 Å². The first-order chi connectivity index (χ1) is 8.91. The lowest BCUT2D eigenvalue weighted by molar-refractivity contribution is 0.0657. The highest BCUT2D eigenvalue weighted by Gasteiger charge is 2.27. The number of carbonyl (C=O) groups is 1. The summed E-state index contributed by atoms with van der Waals surface area (Å²) in [5.74, 6) is -7.92. The number of carbonyl (C=O) groups excluding carboxylic acids is 1. The Kier molecular flexibility index (Phi) is 3.75. The summed E-state index contributed by atoms with van der Waals surface area (Å²) in [6.07, 6.45) is 0. The third kappa shape index (κ3) is 2.56. The van der Waals surface area contributed by atoms with Crippen molar-refractivity contribution in [2.24, 2.45) is 0 Å². The molecule has 0 unspecified atom stereocenters. The Morgan fingerprint density at radius 1 is 1.00 bits per heavy atom. The molecule has 1 amide bonds. The second-order valence-corrected chi connectivity index (χ2v) is 4.44. The quantitative estimate of drug-likeness (QED) is 0.442. The van der Waals surface area contributed by atoms with Gasteiger partial charge in [-0.2, -0.15) is 0 Å². The van der Waals surface area contributed by atoms with Crippen molar-refractivity contribution < 1.29 is 22.4 Å². The number of benzene rings is 1. The number of hydrogen-bond acceptors (Lipinski definition) is 2. The molecule has 1 heterocycles. The van der Waals surface area contributed by atoms with E-state index in [-0.39, 0.29) is 0 Å². The van der Waals surface area contributed by atoms with Crippen molar-refractivity contribution in [2.45, 2.75) is 0 Å². The van der Waals surface area contributed by atoms with Gasteiger partial charge in [-0.05, 0) is 13.1 Å². The fraction of sp³-hybridized carbons (Fsp3) is 0.417. The largest absolute Gasteiger partial charge is 0.336 e. The van der Waals surface area contributed by atoms with Crippen LogP contribution in [0.25, 0.3) is 0 Å². The number of nitrogens with zero attached hydrogens (tertiary/aromatic N) is 2. The van der Waals surface area contributed by atoms with Gasteiger partial charge in [-0.1, -0.05) is 0 Å². The Balaban J connectivity index is 2.29. The van der Waals surface area contributed by atoms with Gasteiger partial charge in [0.25, 0.3) is 5.91 Å². The molecule has 104 valence electrons. The first-order valence-corrected chi connectivity index (χ1v) is 5.72. The van der Waals surface area contributed by atoms with Crippen molar-refractivity contribution in [2.75, 3.05) is 33.2 Å². The van der Waals surface area contributed by atoms with E-state index in [4.69, 9.17) is 0 Å². The lowest BCUT2D eigenvalue weighted by atomic mass is 10.1. The molecule has 0 bridgehead atoms. The molecule has 1 aliphatic heterocycles. The molecule has 1 aromatic carbocycles. The van der Waals surface area contributed by atoms with Crippen molar-refractivity contribution in [3.8, 4) is 0 Å². The molecule has 7 heteroatoms. The van der Waals surface area contributed by atoms with Crippen LogP contribution in [0.1, 0.15) is 10.4 Å². The van der Waals surface area contributed by atoms with Gasteiger partial charge in [0, 0.05) is 26.2 Å². The molecular formula is C12H12F4N2O. The van der Waals surface area contributed by atoms with Crippen molar-refractivity contribution in [1.29, 1.82) is 0 Å². The molecule has 0 aliphatic carbocycles. The summed E-state index contributed by atoms with van der Waals surface area (Å²) in [6.45, 7) is 1.82. The highest BCUT2D eigenvalue weighted by atomic mass is 19.2. The number of amides is 1. The minimum Gasteiger partial charge on any atom is -0.336 e. The van der Waals surface area contributed by atoms with Gasteiger partial charge in [-0.25, -0.2) is 17.6 Å². The van der Waals surface area contributed by atoms with Crippen LogP contribution in [0.2, 0.25) is 0 Å². The van der Waals surface area contributed by atoms with Crippen molar-refractivity contribution in [3.05, 3.63) is 34.9 Å². The van der Waals surface area contributed by atoms with E-state index in [1.807, 2.05) is 11.9 Å². The van der Waals surface area contributed by atoms with E-state index in [0.29, 0.717) is 32.2 Å². The van der Waals surface area contributed by atoms with E-state index in [1.54, 1.807) is 0 Å². The Labute approximate surface area is 107 Å². The van der Waals surface area contributed by atoms with E-state index in [0.717, 1.165) is 0 Å². The summed E-state index contributed by atoms with van der Waals surface area (Å²) in [4.78, 5) is 15.2. The van der Waals surface area contributed by atoms with E-state index >= 15 is 0 Å². The fourth-order valence-electron chi connectivity index (χ4n) is 1.91. The van der Waals surface area contributed by atoms with Crippen LogP contribution in [0.5, 0.6) is 0 Å². The van der Waals surface area contributed by atoms with Gasteiger partial charge in [-0.15, -0.1) is 0 Å². The Hall–Kier alpha value is -1.63. The molecule has 0 saturated carbocycles. The molecule has 1 aromatic rings. The molecule has 1 fully saturated rings. The summed E-state index contributed by atoms with van der Waals surface area (Å²) >= 11 is 0. The van der Waals surface area contributed by atoms with Gasteiger partial charge < -0.3 is 9.80 Å². The second kappa shape index (κ2) is 5.16. The summed E-state index contributed by atoms with van der Waals surface area (Å²) in [5.41, 5.74) is -0.777. The van der Waals surface area contributed by atoms with Crippen LogP contribution in [-0.4, -0.2) is 48.9 Å². The zero-order valence-electron chi connectivity index (χ0n) is 10.2. The molecule has 0 N–H and O–H groups in total. The van der Waals surface area contributed by atoms with Gasteiger partial charge >= 0.3 is 0 Å². The number of likely N-dealkylation sites (N-methyl/N-ethyl adjacent to an activating group) is 1. The monoisotopic (exact) mass is 276 g/mol. The number of piperazine rings is 1. The molecule has 19 heavy (non-hydrogen) atoms. The maximum Gasteiger partial charge on any atom is 0.257 e. The normalized spacial score (nSPS) is 16.8. The molecule has 0 atom stereocenters. The molecule has 0 spiro atoms. The molecule has 0 aromatic heterocycles. The third-order valence-electron chi connectivity index (χ3n) is 3.12. The van der Waals surface area contributed by atoms with Crippen LogP contribution >= 0.6 is 0 Å². The van der Waals surface area contributed by atoms with Crippen LogP contribution < -0.4 is 0 Å². The van der Waals surface area contributed by atoms with Gasteiger partial charge in [0.2, 0.25) is 0 Å². The summed E-state index contributed by atoms with van der Waals surface area (Å²) in [6, 6.07) is 0.397. The molecule has 0 radical (unpaired) electrons. The minimum atomic E-state index is -1.96. The number of halogens is 4. The fourth-order valence-corrected chi connectivity index (χ4v) is 1.91. The topological polar surface area (TPSA) is 23.6 Å². The Morgan fingerprint density at radius 2 is 1.58 bits per heavy atom. The molecule has 3 nitrogen and oxygen atoms in total. The Morgan fingerprint density at radius 3 is 2.16 bits per heavy atom. The predicted octanol–water partition coefficient (Wildman–Crippen LogP) is 1.63. The minimum absolute atomic E-state index is 0.329. The molecule has 1 saturated heterocycles. The van der Waals surface area contributed by atoms with Crippen molar-refractivity contribution in [3.63, 3.8) is 0 Å². The summed E-state index contributed by atoms with van der Waals surface area (Å²) in [5, 5.41) is 0. The van der Waals surface area contributed by atoms with Crippen molar-refractivity contribution in [1.82, 2.24) is 9.80 Å². The van der Waals surface area contributed by atoms with Gasteiger partial charge in [0.15, 0.2) is 23.3 Å². The number of hydrogen-bond donors (Lipinski definition) is 0. The van der Waals surface area contributed by atoms with Gasteiger partial charge in [0.05, 0.1) is 5.56 Å². The van der Waals surface area contributed by atoms with Crippen LogP contribution in [0, 0.1) is 23.3 Å². The molecule has 2 rings (SSSR count). The van der Waals surface area contributed by atoms with E-state index in [2.05, 4.69) is 0 Å². The zero-order valence-corrected chi connectivity index (χ0v) is 10.2. The first kappa shape index (κ1) is 13.8. The highest BCUT2D eigenvalue weighted by molar-refractivity contribution is 5.94. The zero-order chi connectivity index (χ0) is 14.2. The maximum absolute atomic E-state index is 13.5. The average Bonchev–Trinajstić information content (AvgIpc) is 2.40. The van der Waals surface area contributed by atoms with Crippen LogP contribution in [0.3, 0.4) is 0 Å². The Bertz CT molecular complexity index is 513. The van der Waals surface area contributed by atoms with E-state index < -0.39 is 34.7 Å². The van der Waals surface area contributed by atoms with Crippen LogP contribution in [0.15, 0.2) is 6.07 Å². The predicted molar refractivity (Wildman–Crippen MR) is 59.7 cm³/mol. The lowest BCUT2D eigenvalue weighted by Crippen LogP contribution is -2.47. The van der Waals surface area contributed by atoms with Crippen LogP contribution in [0.4, 0.5) is 17.6 Å². The second-order valence-electron chi connectivity index (χ2n) is 4.44.